The first-order chi connectivity index (χ1) is 23.8. The molecule has 0 aliphatic carbocycles. The number of fused-ring (bicyclic) bond motifs is 13. The Morgan fingerprint density at radius 3 is 1.29 bits per heavy atom. The fraction of sp³-hybridized carbons (Fsp3) is 0. The molecule has 2 aromatic heterocycles. The fourth-order valence-electron chi connectivity index (χ4n) is 8.19. The quantitative estimate of drug-likeness (QED) is 0.130. The van der Waals surface area contributed by atoms with Gasteiger partial charge in [0.25, 0.3) is 0 Å². The van der Waals surface area contributed by atoms with Crippen LogP contribution in [0.5, 0.6) is 0 Å². The van der Waals surface area contributed by atoms with Crippen molar-refractivity contribution in [2.75, 3.05) is 0 Å². The van der Waals surface area contributed by atoms with Crippen molar-refractivity contribution in [1.82, 2.24) is 0 Å². The Morgan fingerprint density at radius 1 is 0.271 bits per heavy atom. The zero-order valence-corrected chi connectivity index (χ0v) is 27.5. The lowest BCUT2D eigenvalue weighted by atomic mass is 9.85. The largest absolute Gasteiger partial charge is 0.135 e. The summed E-state index contributed by atoms with van der Waals surface area (Å²) in [5.41, 5.74) is 5.15. The van der Waals surface area contributed by atoms with Crippen LogP contribution in [0.15, 0.2) is 158 Å². The smallest absolute Gasteiger partial charge is 0.0440 e. The number of hydrogen-bond donors (Lipinski definition) is 0. The molecule has 0 nitrogen and oxygen atoms in total. The van der Waals surface area contributed by atoms with Crippen LogP contribution < -0.4 is 0 Å². The summed E-state index contributed by atoms with van der Waals surface area (Å²) in [6.45, 7) is 0. The van der Waals surface area contributed by atoms with Crippen molar-refractivity contribution < 1.29 is 0 Å². The van der Waals surface area contributed by atoms with E-state index >= 15 is 0 Å². The highest BCUT2D eigenvalue weighted by atomic mass is 32.1. The van der Waals surface area contributed by atoms with Crippen LogP contribution in [0.4, 0.5) is 0 Å². The normalized spacial score (nSPS) is 12.2. The van der Waals surface area contributed by atoms with E-state index in [2.05, 4.69) is 158 Å². The molecule has 0 bridgehead atoms. The molecule has 0 aliphatic rings. The first-order valence-electron chi connectivity index (χ1n) is 16.4. The fourth-order valence-corrected chi connectivity index (χ4v) is 10.6. The lowest BCUT2D eigenvalue weighted by Crippen LogP contribution is -1.90. The van der Waals surface area contributed by atoms with Crippen molar-refractivity contribution in [2.24, 2.45) is 0 Å². The second-order valence-corrected chi connectivity index (χ2v) is 14.9. The average molecular weight is 643 g/mol. The lowest BCUT2D eigenvalue weighted by molar-refractivity contribution is 1.70. The van der Waals surface area contributed by atoms with Crippen LogP contribution >= 0.6 is 22.7 Å². The van der Waals surface area contributed by atoms with Gasteiger partial charge in [0.2, 0.25) is 0 Å². The minimum absolute atomic E-state index is 1.27. The molecule has 0 aliphatic heterocycles. The summed E-state index contributed by atoms with van der Waals surface area (Å²) < 4.78 is 5.38. The molecule has 48 heavy (non-hydrogen) atoms. The lowest BCUT2D eigenvalue weighted by Gasteiger charge is -2.18. The number of thiophene rings is 2. The molecule has 2 heteroatoms. The first kappa shape index (κ1) is 26.5. The van der Waals surface area contributed by atoms with Gasteiger partial charge in [0, 0.05) is 45.7 Å². The Bertz CT molecular complexity index is 3060. The predicted octanol–water partition coefficient (Wildman–Crippen LogP) is 14.4. The maximum absolute atomic E-state index is 2.45. The molecule has 11 aromatic rings. The molecule has 0 saturated carbocycles. The van der Waals surface area contributed by atoms with Gasteiger partial charge in [0.15, 0.2) is 0 Å². The predicted molar refractivity (Wildman–Crippen MR) is 213 cm³/mol. The number of hydrogen-bond acceptors (Lipinski definition) is 2. The highest BCUT2D eigenvalue weighted by Crippen LogP contribution is 2.48. The van der Waals surface area contributed by atoms with Crippen LogP contribution in [0.2, 0.25) is 0 Å². The van der Waals surface area contributed by atoms with Crippen LogP contribution in [0, 0.1) is 0 Å². The van der Waals surface area contributed by atoms with Gasteiger partial charge < -0.3 is 0 Å². The molecule has 2 heterocycles. The molecular weight excluding hydrogens is 617 g/mol. The van der Waals surface area contributed by atoms with Gasteiger partial charge in [-0.25, -0.2) is 0 Å². The highest BCUT2D eigenvalue weighted by molar-refractivity contribution is 7.27. The second kappa shape index (κ2) is 9.98. The number of rotatable bonds is 2. The van der Waals surface area contributed by atoms with Crippen LogP contribution in [-0.4, -0.2) is 0 Å². The molecule has 0 spiro atoms. The van der Waals surface area contributed by atoms with E-state index in [4.69, 9.17) is 0 Å². The SMILES string of the molecule is c1ccc2c(c1)sc1cc(-c3c4ccccc4c(-c4ccc5c(c4)sc4c6ccccc6c6ccccc6c54)c4ccccc34)ccc12. The minimum Gasteiger partial charge on any atom is -0.135 e. The van der Waals surface area contributed by atoms with E-state index in [-0.39, 0.29) is 0 Å². The first-order valence-corrected chi connectivity index (χ1v) is 18.1. The van der Waals surface area contributed by atoms with Crippen molar-refractivity contribution in [3.8, 4) is 22.3 Å². The summed E-state index contributed by atoms with van der Waals surface area (Å²) in [4.78, 5) is 0. The third kappa shape index (κ3) is 3.65. The monoisotopic (exact) mass is 642 g/mol. The van der Waals surface area contributed by atoms with Crippen molar-refractivity contribution >= 4 is 106 Å². The van der Waals surface area contributed by atoms with Crippen LogP contribution in [0.25, 0.3) is 106 Å². The molecular formula is C46H26S2. The summed E-state index contributed by atoms with van der Waals surface area (Å²) in [6, 6.07) is 58.8. The molecule has 0 radical (unpaired) electrons. The third-order valence-electron chi connectivity index (χ3n) is 10.2. The van der Waals surface area contributed by atoms with Crippen molar-refractivity contribution in [2.45, 2.75) is 0 Å². The zero-order valence-electron chi connectivity index (χ0n) is 25.8. The van der Waals surface area contributed by atoms with Crippen LogP contribution in [-0.2, 0) is 0 Å². The van der Waals surface area contributed by atoms with E-state index in [1.54, 1.807) is 0 Å². The summed E-state index contributed by atoms with van der Waals surface area (Å²) in [7, 11) is 0. The van der Waals surface area contributed by atoms with Gasteiger partial charge in [-0.3, -0.25) is 0 Å². The molecule has 9 aromatic carbocycles. The van der Waals surface area contributed by atoms with Crippen molar-refractivity contribution in [3.63, 3.8) is 0 Å². The minimum atomic E-state index is 1.27. The summed E-state index contributed by atoms with van der Waals surface area (Å²) in [5.74, 6) is 0. The van der Waals surface area contributed by atoms with Crippen LogP contribution in [0.1, 0.15) is 0 Å². The summed E-state index contributed by atoms with van der Waals surface area (Å²) in [5, 5.41) is 15.9. The maximum Gasteiger partial charge on any atom is 0.0440 e. The Hall–Kier alpha value is -5.54. The van der Waals surface area contributed by atoms with Crippen LogP contribution in [0.3, 0.4) is 0 Å². The van der Waals surface area contributed by atoms with E-state index in [1.807, 2.05) is 22.7 Å². The molecule has 0 atom stereocenters. The van der Waals surface area contributed by atoms with Gasteiger partial charge in [0.05, 0.1) is 0 Å². The molecule has 11 rings (SSSR count). The standard InChI is InChI=1S/C46H26S2/c1-3-14-33-29(11-1)30-12-2-8-19-38(30)46-45(33)39-24-22-28(26-42(39)48-46)44-36-17-6-4-15-34(36)43(35-16-5-7-18-37(35)44)27-21-23-32-31-13-9-10-20-40(31)47-41(32)25-27/h1-26H. The Balaban J connectivity index is 1.20. The second-order valence-electron chi connectivity index (χ2n) is 12.8. The molecule has 0 fully saturated rings. The van der Waals surface area contributed by atoms with Crippen molar-refractivity contribution in [3.05, 3.63) is 158 Å². The summed E-state index contributed by atoms with van der Waals surface area (Å²) >= 11 is 3.82. The molecule has 0 saturated heterocycles. The Morgan fingerprint density at radius 2 is 0.688 bits per heavy atom. The van der Waals surface area contributed by atoms with Gasteiger partial charge in [-0.05, 0) is 78.2 Å². The van der Waals surface area contributed by atoms with Crippen molar-refractivity contribution in [1.29, 1.82) is 0 Å². The maximum atomic E-state index is 2.45. The number of benzene rings is 9. The van der Waals surface area contributed by atoms with E-state index in [1.165, 1.54) is 106 Å². The average Bonchev–Trinajstić information content (AvgIpc) is 3.72. The zero-order chi connectivity index (χ0) is 31.3. The molecule has 0 unspecified atom stereocenters. The third-order valence-corrected chi connectivity index (χ3v) is 12.6. The molecule has 222 valence electrons. The molecule has 0 amide bonds. The topological polar surface area (TPSA) is 0 Å². The van der Waals surface area contributed by atoms with E-state index in [0.29, 0.717) is 0 Å². The van der Waals surface area contributed by atoms with Gasteiger partial charge in [-0.15, -0.1) is 22.7 Å². The van der Waals surface area contributed by atoms with E-state index < -0.39 is 0 Å². The van der Waals surface area contributed by atoms with Gasteiger partial charge in [0.1, 0.15) is 0 Å². The molecule has 0 N–H and O–H groups in total. The van der Waals surface area contributed by atoms with Gasteiger partial charge >= 0.3 is 0 Å². The Kier molecular flexibility index (Phi) is 5.51. The Labute approximate surface area is 284 Å². The summed E-state index contributed by atoms with van der Waals surface area (Å²) in [6.07, 6.45) is 0. The van der Waals surface area contributed by atoms with Gasteiger partial charge in [-0.1, -0.05) is 140 Å². The van der Waals surface area contributed by atoms with E-state index in [0.717, 1.165) is 0 Å². The highest BCUT2D eigenvalue weighted by Gasteiger charge is 2.19. The van der Waals surface area contributed by atoms with E-state index in [9.17, 15) is 0 Å². The van der Waals surface area contributed by atoms with Gasteiger partial charge in [-0.2, -0.15) is 0 Å².